The highest BCUT2D eigenvalue weighted by atomic mass is 16.2. The first kappa shape index (κ1) is 17.0. The predicted molar refractivity (Wildman–Crippen MR) is 95.2 cm³/mol. The van der Waals surface area contributed by atoms with Crippen molar-refractivity contribution in [3.63, 3.8) is 0 Å². The van der Waals surface area contributed by atoms with Crippen molar-refractivity contribution >= 4 is 11.8 Å². The van der Waals surface area contributed by atoms with Crippen molar-refractivity contribution in [2.75, 3.05) is 26.2 Å². The van der Waals surface area contributed by atoms with Crippen molar-refractivity contribution in [1.29, 1.82) is 0 Å². The molecular weight excluding hydrogens is 300 g/mol. The molecule has 1 aromatic rings. The Morgan fingerprint density at radius 3 is 1.25 bits per heavy atom. The zero-order valence-electron chi connectivity index (χ0n) is 14.5. The lowest BCUT2D eigenvalue weighted by Gasteiger charge is -2.24. The van der Waals surface area contributed by atoms with Crippen LogP contribution in [0.25, 0.3) is 0 Å². The highest BCUT2D eigenvalue weighted by Crippen LogP contribution is 2.19. The van der Waals surface area contributed by atoms with E-state index in [-0.39, 0.29) is 11.8 Å². The third kappa shape index (κ3) is 3.97. The topological polar surface area (TPSA) is 40.6 Å². The van der Waals surface area contributed by atoms with E-state index in [9.17, 15) is 9.59 Å². The first-order valence-electron chi connectivity index (χ1n) is 9.45. The van der Waals surface area contributed by atoms with Crippen LogP contribution >= 0.6 is 0 Å². The van der Waals surface area contributed by atoms with Crippen molar-refractivity contribution in [3.8, 4) is 0 Å². The van der Waals surface area contributed by atoms with Gasteiger partial charge in [-0.2, -0.15) is 0 Å². The summed E-state index contributed by atoms with van der Waals surface area (Å²) in [6.07, 6.45) is 9.02. The molecule has 0 atom stereocenters. The molecule has 2 amide bonds. The van der Waals surface area contributed by atoms with Gasteiger partial charge in [-0.15, -0.1) is 0 Å². The largest absolute Gasteiger partial charge is 0.339 e. The van der Waals surface area contributed by atoms with Crippen LogP contribution in [0.3, 0.4) is 0 Å². The van der Waals surface area contributed by atoms with Gasteiger partial charge < -0.3 is 9.80 Å². The van der Waals surface area contributed by atoms with Gasteiger partial charge in [0.25, 0.3) is 11.8 Å². The van der Waals surface area contributed by atoms with E-state index in [1.807, 2.05) is 34.1 Å². The Labute approximate surface area is 144 Å². The quantitative estimate of drug-likeness (QED) is 0.830. The molecule has 0 radical (unpaired) electrons. The Kier molecular flexibility index (Phi) is 5.89. The molecule has 3 rings (SSSR count). The van der Waals surface area contributed by atoms with Crippen molar-refractivity contribution in [1.82, 2.24) is 9.80 Å². The van der Waals surface area contributed by atoms with E-state index >= 15 is 0 Å². The van der Waals surface area contributed by atoms with E-state index < -0.39 is 0 Å². The maximum Gasteiger partial charge on any atom is 0.254 e. The van der Waals surface area contributed by atoms with E-state index in [1.165, 1.54) is 25.7 Å². The minimum absolute atomic E-state index is 0.0238. The number of hydrogen-bond acceptors (Lipinski definition) is 2. The van der Waals surface area contributed by atoms with Crippen LogP contribution in [0.4, 0.5) is 0 Å². The molecule has 0 aliphatic carbocycles. The van der Waals surface area contributed by atoms with E-state index in [1.54, 1.807) is 0 Å². The minimum atomic E-state index is 0.0238. The van der Waals surface area contributed by atoms with Crippen LogP contribution in [0.5, 0.6) is 0 Å². The normalized spacial score (nSPS) is 19.5. The number of benzene rings is 1. The van der Waals surface area contributed by atoms with Crippen molar-refractivity contribution in [2.45, 2.75) is 51.4 Å². The molecule has 0 aromatic heterocycles. The van der Waals surface area contributed by atoms with Crippen molar-refractivity contribution in [2.24, 2.45) is 0 Å². The molecule has 0 unspecified atom stereocenters. The molecule has 0 N–H and O–H groups in total. The summed E-state index contributed by atoms with van der Waals surface area (Å²) in [4.78, 5) is 29.8. The third-order valence-electron chi connectivity index (χ3n) is 5.17. The average molecular weight is 328 g/mol. The van der Waals surface area contributed by atoms with E-state index in [0.29, 0.717) is 11.1 Å². The highest BCUT2D eigenvalue weighted by Gasteiger charge is 2.25. The molecule has 2 saturated heterocycles. The molecule has 1 aromatic carbocycles. The van der Waals surface area contributed by atoms with Crippen LogP contribution in [0.2, 0.25) is 0 Å². The fourth-order valence-electron chi connectivity index (χ4n) is 3.74. The first-order valence-corrected chi connectivity index (χ1v) is 9.45. The van der Waals surface area contributed by atoms with Crippen molar-refractivity contribution in [3.05, 3.63) is 35.4 Å². The van der Waals surface area contributed by atoms with Gasteiger partial charge in [-0.3, -0.25) is 9.59 Å². The second-order valence-corrected chi connectivity index (χ2v) is 6.96. The maximum atomic E-state index is 13.0. The molecule has 2 aliphatic rings. The molecule has 0 spiro atoms. The van der Waals surface area contributed by atoms with Gasteiger partial charge >= 0.3 is 0 Å². The smallest absolute Gasteiger partial charge is 0.254 e. The van der Waals surface area contributed by atoms with Gasteiger partial charge in [-0.25, -0.2) is 0 Å². The van der Waals surface area contributed by atoms with E-state index in [2.05, 4.69) is 0 Å². The Hall–Kier alpha value is -1.84. The van der Waals surface area contributed by atoms with Gasteiger partial charge in [0.1, 0.15) is 0 Å². The molecule has 4 heteroatoms. The number of carbonyl (C=O) groups excluding carboxylic acids is 2. The number of amides is 2. The van der Waals surface area contributed by atoms with Gasteiger partial charge in [0, 0.05) is 26.2 Å². The molecule has 24 heavy (non-hydrogen) atoms. The van der Waals surface area contributed by atoms with Gasteiger partial charge in [-0.05, 0) is 37.8 Å². The van der Waals surface area contributed by atoms with E-state index in [4.69, 9.17) is 0 Å². The lowest BCUT2D eigenvalue weighted by Crippen LogP contribution is -2.36. The van der Waals surface area contributed by atoms with Crippen LogP contribution in [-0.2, 0) is 0 Å². The standard InChI is InChI=1S/C20H28N2O2/c23-19(21-13-7-1-2-8-14-21)17-11-5-6-12-18(17)20(24)22-15-9-3-4-10-16-22/h5-6,11-12H,1-4,7-10,13-16H2. The predicted octanol–water partition coefficient (Wildman–Crippen LogP) is 3.72. The lowest BCUT2D eigenvalue weighted by molar-refractivity contribution is 0.0722. The summed E-state index contributed by atoms with van der Waals surface area (Å²) < 4.78 is 0. The second-order valence-electron chi connectivity index (χ2n) is 6.96. The number of hydrogen-bond donors (Lipinski definition) is 0. The van der Waals surface area contributed by atoms with Gasteiger partial charge in [0.15, 0.2) is 0 Å². The molecule has 130 valence electrons. The van der Waals surface area contributed by atoms with Crippen LogP contribution in [0, 0.1) is 0 Å². The van der Waals surface area contributed by atoms with Gasteiger partial charge in [-0.1, -0.05) is 37.8 Å². The molecule has 0 bridgehead atoms. The van der Waals surface area contributed by atoms with Crippen LogP contribution < -0.4 is 0 Å². The Morgan fingerprint density at radius 2 is 0.917 bits per heavy atom. The van der Waals surface area contributed by atoms with Gasteiger partial charge in [0.05, 0.1) is 11.1 Å². The third-order valence-corrected chi connectivity index (χ3v) is 5.17. The van der Waals surface area contributed by atoms with E-state index in [0.717, 1.165) is 51.9 Å². The monoisotopic (exact) mass is 328 g/mol. The molecule has 2 aliphatic heterocycles. The molecular formula is C20H28N2O2. The second kappa shape index (κ2) is 8.32. The fraction of sp³-hybridized carbons (Fsp3) is 0.600. The molecule has 2 fully saturated rings. The van der Waals surface area contributed by atoms with Crippen LogP contribution in [0.15, 0.2) is 24.3 Å². The number of carbonyl (C=O) groups is 2. The number of likely N-dealkylation sites (tertiary alicyclic amines) is 2. The summed E-state index contributed by atoms with van der Waals surface area (Å²) in [6.45, 7) is 3.24. The first-order chi connectivity index (χ1) is 11.8. The SMILES string of the molecule is O=C(c1ccccc1C(=O)N1CCCCCC1)N1CCCCCC1. The maximum absolute atomic E-state index is 13.0. The summed E-state index contributed by atoms with van der Waals surface area (Å²) in [5.74, 6) is 0.0475. The van der Waals surface area contributed by atoms with Crippen molar-refractivity contribution < 1.29 is 9.59 Å². The fourth-order valence-corrected chi connectivity index (χ4v) is 3.74. The zero-order valence-corrected chi connectivity index (χ0v) is 14.5. The summed E-state index contributed by atoms with van der Waals surface area (Å²) in [6, 6.07) is 7.37. The molecule has 4 nitrogen and oxygen atoms in total. The Balaban J connectivity index is 1.81. The summed E-state index contributed by atoms with van der Waals surface area (Å²) in [5, 5.41) is 0. The van der Waals surface area contributed by atoms with Crippen LogP contribution in [0.1, 0.15) is 72.1 Å². The van der Waals surface area contributed by atoms with Gasteiger partial charge in [0.2, 0.25) is 0 Å². The minimum Gasteiger partial charge on any atom is -0.339 e. The van der Waals surface area contributed by atoms with Crippen LogP contribution in [-0.4, -0.2) is 47.8 Å². The number of rotatable bonds is 2. The lowest BCUT2D eigenvalue weighted by atomic mass is 10.0. The summed E-state index contributed by atoms with van der Waals surface area (Å²) in [7, 11) is 0. The highest BCUT2D eigenvalue weighted by molar-refractivity contribution is 6.07. The zero-order chi connectivity index (χ0) is 16.8. The Morgan fingerprint density at radius 1 is 0.583 bits per heavy atom. The average Bonchev–Trinajstić information content (AvgIpc) is 3.05. The summed E-state index contributed by atoms with van der Waals surface area (Å²) >= 11 is 0. The molecule has 2 heterocycles. The summed E-state index contributed by atoms with van der Waals surface area (Å²) in [5.41, 5.74) is 1.15. The molecule has 0 saturated carbocycles. The number of nitrogens with zero attached hydrogens (tertiary/aromatic N) is 2. The Bertz CT molecular complexity index is 518.